The Morgan fingerprint density at radius 2 is 1.73 bits per heavy atom. The number of aliphatic carboxylic acids is 1. The molecule has 1 aromatic carbocycles. The Bertz CT molecular complexity index is 772. The maximum atomic E-state index is 12.4. The number of aromatic nitrogens is 1. The molecule has 1 amide bonds. The fourth-order valence-corrected chi connectivity index (χ4v) is 3.12. The first-order valence-corrected chi connectivity index (χ1v) is 8.71. The van der Waals surface area contributed by atoms with Crippen LogP contribution in [0.3, 0.4) is 0 Å². The molecule has 1 aromatic heterocycles. The van der Waals surface area contributed by atoms with Crippen LogP contribution in [-0.4, -0.2) is 45.6 Å². The number of halogens is 1. The van der Waals surface area contributed by atoms with Crippen molar-refractivity contribution >= 4 is 23.5 Å². The van der Waals surface area contributed by atoms with Crippen molar-refractivity contribution in [3.8, 4) is 5.75 Å². The molecule has 26 heavy (non-hydrogen) atoms. The molecule has 7 heteroatoms. The molecule has 1 fully saturated rings. The van der Waals surface area contributed by atoms with Crippen LogP contribution in [0.15, 0.2) is 48.8 Å². The number of carboxylic acids is 1. The van der Waals surface area contributed by atoms with Gasteiger partial charge in [-0.25, -0.2) is 4.79 Å². The number of amides is 1. The van der Waals surface area contributed by atoms with Gasteiger partial charge in [-0.05, 0) is 42.0 Å². The summed E-state index contributed by atoms with van der Waals surface area (Å²) in [5.41, 5.74) is -0.446. The summed E-state index contributed by atoms with van der Waals surface area (Å²) in [6, 6.07) is 10.2. The van der Waals surface area contributed by atoms with Crippen LogP contribution in [0.2, 0.25) is 5.02 Å². The van der Waals surface area contributed by atoms with Crippen LogP contribution < -0.4 is 4.74 Å². The standard InChI is InChI=1S/C19H19ClN2O4/c20-15-1-3-16(4-2-15)26-19(18(24)25)7-11-22(12-8-19)17(23)13-14-5-9-21-10-6-14/h1-6,9-10H,7-8,11-13H2,(H,24,25). The number of hydrogen-bond donors (Lipinski definition) is 1. The van der Waals surface area contributed by atoms with E-state index in [1.165, 1.54) is 0 Å². The first-order chi connectivity index (χ1) is 12.5. The Kier molecular flexibility index (Phi) is 5.42. The second kappa shape index (κ2) is 7.74. The minimum Gasteiger partial charge on any atom is -0.478 e. The number of pyridine rings is 1. The summed E-state index contributed by atoms with van der Waals surface area (Å²) in [5.74, 6) is -0.594. The fourth-order valence-electron chi connectivity index (χ4n) is 2.99. The Balaban J connectivity index is 1.64. The van der Waals surface area contributed by atoms with Gasteiger partial charge in [-0.1, -0.05) is 11.6 Å². The van der Waals surface area contributed by atoms with E-state index in [4.69, 9.17) is 16.3 Å². The van der Waals surface area contributed by atoms with E-state index in [1.54, 1.807) is 53.7 Å². The summed E-state index contributed by atoms with van der Waals surface area (Å²) in [5, 5.41) is 10.3. The summed E-state index contributed by atoms with van der Waals surface area (Å²) in [6.45, 7) is 0.674. The quantitative estimate of drug-likeness (QED) is 0.870. The number of hydrogen-bond acceptors (Lipinski definition) is 4. The SMILES string of the molecule is O=C(Cc1ccncc1)N1CCC(Oc2ccc(Cl)cc2)(C(=O)O)CC1. The topological polar surface area (TPSA) is 79.7 Å². The summed E-state index contributed by atoms with van der Waals surface area (Å²) < 4.78 is 5.80. The van der Waals surface area contributed by atoms with Gasteiger partial charge in [0.2, 0.25) is 11.5 Å². The summed E-state index contributed by atoms with van der Waals surface area (Å²) >= 11 is 5.85. The highest BCUT2D eigenvalue weighted by atomic mass is 35.5. The lowest BCUT2D eigenvalue weighted by molar-refractivity contribution is -0.161. The maximum Gasteiger partial charge on any atom is 0.348 e. The molecule has 0 bridgehead atoms. The van der Waals surface area contributed by atoms with Gasteiger partial charge in [-0.15, -0.1) is 0 Å². The lowest BCUT2D eigenvalue weighted by atomic mass is 9.90. The van der Waals surface area contributed by atoms with Crippen molar-refractivity contribution in [1.82, 2.24) is 9.88 Å². The zero-order valence-electron chi connectivity index (χ0n) is 14.1. The first-order valence-electron chi connectivity index (χ1n) is 8.33. The minimum absolute atomic E-state index is 0.0262. The summed E-state index contributed by atoms with van der Waals surface area (Å²) in [4.78, 5) is 29.9. The van der Waals surface area contributed by atoms with Gasteiger partial charge < -0.3 is 14.7 Å². The number of carboxylic acid groups (broad SMARTS) is 1. The maximum absolute atomic E-state index is 12.4. The highest BCUT2D eigenvalue weighted by molar-refractivity contribution is 6.30. The highest BCUT2D eigenvalue weighted by Crippen LogP contribution is 2.30. The highest BCUT2D eigenvalue weighted by Gasteiger charge is 2.44. The van der Waals surface area contributed by atoms with E-state index in [1.807, 2.05) is 0 Å². The molecule has 0 aliphatic carbocycles. The van der Waals surface area contributed by atoms with E-state index in [0.717, 1.165) is 5.56 Å². The van der Waals surface area contributed by atoms with E-state index in [9.17, 15) is 14.7 Å². The molecule has 1 aliphatic rings. The third kappa shape index (κ3) is 4.14. The lowest BCUT2D eigenvalue weighted by Crippen LogP contribution is -2.54. The smallest absolute Gasteiger partial charge is 0.348 e. The van der Waals surface area contributed by atoms with Crippen molar-refractivity contribution in [3.05, 3.63) is 59.4 Å². The molecule has 1 aliphatic heterocycles. The molecule has 0 unspecified atom stereocenters. The van der Waals surface area contributed by atoms with Crippen molar-refractivity contribution in [1.29, 1.82) is 0 Å². The van der Waals surface area contributed by atoms with Gasteiger partial charge in [0.1, 0.15) is 5.75 Å². The van der Waals surface area contributed by atoms with Crippen molar-refractivity contribution in [2.75, 3.05) is 13.1 Å². The van der Waals surface area contributed by atoms with E-state index >= 15 is 0 Å². The Hall–Kier alpha value is -2.60. The second-order valence-corrected chi connectivity index (χ2v) is 6.70. The van der Waals surface area contributed by atoms with Crippen LogP contribution in [-0.2, 0) is 16.0 Å². The van der Waals surface area contributed by atoms with Crippen LogP contribution in [0.25, 0.3) is 0 Å². The van der Waals surface area contributed by atoms with E-state index < -0.39 is 11.6 Å². The van der Waals surface area contributed by atoms with Crippen LogP contribution >= 0.6 is 11.6 Å². The third-order valence-electron chi connectivity index (χ3n) is 4.55. The number of likely N-dealkylation sites (tertiary alicyclic amines) is 1. The summed E-state index contributed by atoms with van der Waals surface area (Å²) in [6.07, 6.45) is 4.03. The molecule has 6 nitrogen and oxygen atoms in total. The van der Waals surface area contributed by atoms with Crippen molar-refractivity contribution in [3.63, 3.8) is 0 Å². The number of carbonyl (C=O) groups excluding carboxylic acids is 1. The van der Waals surface area contributed by atoms with Crippen LogP contribution in [0.1, 0.15) is 18.4 Å². The molecule has 2 heterocycles. The molecule has 0 saturated carbocycles. The molecule has 1 saturated heterocycles. The summed E-state index contributed by atoms with van der Waals surface area (Å²) in [7, 11) is 0. The average Bonchev–Trinajstić information content (AvgIpc) is 2.65. The number of piperidine rings is 1. The van der Waals surface area contributed by atoms with Crippen LogP contribution in [0.4, 0.5) is 0 Å². The average molecular weight is 375 g/mol. The van der Waals surface area contributed by atoms with Gasteiger partial charge in [0.25, 0.3) is 0 Å². The molecule has 0 radical (unpaired) electrons. The monoisotopic (exact) mass is 374 g/mol. The van der Waals surface area contributed by atoms with Gasteiger partial charge in [-0.2, -0.15) is 0 Å². The zero-order valence-corrected chi connectivity index (χ0v) is 14.9. The van der Waals surface area contributed by atoms with E-state index in [2.05, 4.69) is 4.98 Å². The van der Waals surface area contributed by atoms with Gasteiger partial charge in [0.15, 0.2) is 0 Å². The largest absolute Gasteiger partial charge is 0.478 e. The Morgan fingerprint density at radius 3 is 2.31 bits per heavy atom. The van der Waals surface area contributed by atoms with Crippen molar-refractivity contribution < 1.29 is 19.4 Å². The first kappa shape index (κ1) is 18.2. The fraction of sp³-hybridized carbons (Fsp3) is 0.316. The molecule has 0 spiro atoms. The predicted octanol–water partition coefficient (Wildman–Crippen LogP) is 2.80. The van der Waals surface area contributed by atoms with Crippen LogP contribution in [0, 0.1) is 0 Å². The van der Waals surface area contributed by atoms with Crippen molar-refractivity contribution in [2.45, 2.75) is 24.9 Å². The van der Waals surface area contributed by atoms with Gasteiger partial charge in [0.05, 0.1) is 6.42 Å². The molecule has 1 N–H and O–H groups in total. The Morgan fingerprint density at radius 1 is 1.12 bits per heavy atom. The van der Waals surface area contributed by atoms with E-state index in [0.29, 0.717) is 23.9 Å². The van der Waals surface area contributed by atoms with Gasteiger partial charge in [-0.3, -0.25) is 9.78 Å². The normalized spacial score (nSPS) is 16.1. The molecule has 0 atom stereocenters. The number of nitrogens with zero attached hydrogens (tertiary/aromatic N) is 2. The zero-order chi connectivity index (χ0) is 18.6. The second-order valence-electron chi connectivity index (χ2n) is 6.27. The third-order valence-corrected chi connectivity index (χ3v) is 4.80. The van der Waals surface area contributed by atoms with Gasteiger partial charge in [0, 0.05) is 43.3 Å². The number of benzene rings is 1. The number of carbonyl (C=O) groups is 2. The molecular weight excluding hydrogens is 356 g/mol. The Labute approximate surface area is 156 Å². The van der Waals surface area contributed by atoms with Crippen molar-refractivity contribution in [2.24, 2.45) is 0 Å². The number of ether oxygens (including phenoxy) is 1. The minimum atomic E-state index is -1.33. The van der Waals surface area contributed by atoms with Gasteiger partial charge >= 0.3 is 5.97 Å². The van der Waals surface area contributed by atoms with E-state index in [-0.39, 0.29) is 25.2 Å². The van der Waals surface area contributed by atoms with Crippen LogP contribution in [0.5, 0.6) is 5.75 Å². The molecular formula is C19H19ClN2O4. The lowest BCUT2D eigenvalue weighted by Gasteiger charge is -2.39. The molecule has 136 valence electrons. The molecule has 2 aromatic rings. The number of rotatable bonds is 5. The molecule has 3 rings (SSSR count). The predicted molar refractivity (Wildman–Crippen MR) is 96.2 cm³/mol.